The summed E-state index contributed by atoms with van der Waals surface area (Å²) in [4.78, 5) is 5.74. The van der Waals surface area contributed by atoms with E-state index in [1.165, 1.54) is 16.0 Å². The molecule has 3 heteroatoms. The number of aliphatic hydroxyl groups excluding tert-OH is 1. The number of nitrogens with zero attached hydrogens (tertiary/aromatic N) is 1. The van der Waals surface area contributed by atoms with E-state index in [1.54, 1.807) is 11.3 Å². The fourth-order valence-electron chi connectivity index (χ4n) is 1.77. The maximum absolute atomic E-state index is 8.97. The van der Waals surface area contributed by atoms with Crippen LogP contribution in [-0.4, -0.2) is 16.7 Å². The van der Waals surface area contributed by atoms with Crippen molar-refractivity contribution in [1.29, 1.82) is 0 Å². The molecule has 0 radical (unpaired) electrons. The molecule has 0 aliphatic rings. The zero-order valence-corrected chi connectivity index (χ0v) is 11.0. The summed E-state index contributed by atoms with van der Waals surface area (Å²) in [6.07, 6.45) is 1.77. The number of thiazole rings is 1. The minimum Gasteiger partial charge on any atom is -0.396 e. The lowest BCUT2D eigenvalue weighted by Gasteiger charge is -1.98. The number of hydrogen-bond acceptors (Lipinski definition) is 3. The minimum absolute atomic E-state index is 0.192. The van der Waals surface area contributed by atoms with Crippen molar-refractivity contribution < 1.29 is 5.11 Å². The number of hydrogen-bond donors (Lipinski definition) is 1. The molecule has 0 atom stereocenters. The lowest BCUT2D eigenvalue weighted by molar-refractivity contribution is 0.300. The molecule has 2 rings (SSSR count). The standard InChI is InChI=1S/C14H17NOS/c1-3-11-4-6-12(7-5-11)14-15-10(2)13(17-14)8-9-16/h4-7,16H,3,8-9H2,1-2H3. The van der Waals surface area contributed by atoms with Crippen LogP contribution >= 0.6 is 11.3 Å². The largest absolute Gasteiger partial charge is 0.396 e. The highest BCUT2D eigenvalue weighted by Gasteiger charge is 2.08. The maximum Gasteiger partial charge on any atom is 0.123 e. The molecule has 0 bridgehead atoms. The molecule has 17 heavy (non-hydrogen) atoms. The lowest BCUT2D eigenvalue weighted by Crippen LogP contribution is -1.88. The molecule has 0 aliphatic heterocycles. The highest BCUT2D eigenvalue weighted by molar-refractivity contribution is 7.15. The van der Waals surface area contributed by atoms with Crippen molar-refractivity contribution in [3.05, 3.63) is 40.4 Å². The van der Waals surface area contributed by atoms with Crippen LogP contribution in [-0.2, 0) is 12.8 Å². The molecule has 0 spiro atoms. The van der Waals surface area contributed by atoms with Gasteiger partial charge in [-0.15, -0.1) is 11.3 Å². The maximum atomic E-state index is 8.97. The van der Waals surface area contributed by atoms with Gasteiger partial charge in [0.2, 0.25) is 0 Å². The zero-order valence-electron chi connectivity index (χ0n) is 10.2. The van der Waals surface area contributed by atoms with Crippen molar-refractivity contribution in [2.24, 2.45) is 0 Å². The fourth-order valence-corrected chi connectivity index (χ4v) is 2.82. The minimum atomic E-state index is 0.192. The number of aliphatic hydroxyl groups is 1. The normalized spacial score (nSPS) is 10.8. The molecule has 0 amide bonds. The molecular formula is C14H17NOS. The first kappa shape index (κ1) is 12.3. The van der Waals surface area contributed by atoms with E-state index in [4.69, 9.17) is 5.11 Å². The number of aromatic nitrogens is 1. The van der Waals surface area contributed by atoms with Gasteiger partial charge in [-0.25, -0.2) is 4.98 Å². The van der Waals surface area contributed by atoms with Crippen LogP contribution in [0.4, 0.5) is 0 Å². The predicted octanol–water partition coefficient (Wildman–Crippen LogP) is 3.22. The Hall–Kier alpha value is -1.19. The van der Waals surface area contributed by atoms with Gasteiger partial charge in [-0.3, -0.25) is 0 Å². The topological polar surface area (TPSA) is 33.1 Å². The monoisotopic (exact) mass is 247 g/mol. The van der Waals surface area contributed by atoms with E-state index in [-0.39, 0.29) is 6.61 Å². The van der Waals surface area contributed by atoms with Gasteiger partial charge in [0.25, 0.3) is 0 Å². The molecule has 0 fully saturated rings. The summed E-state index contributed by atoms with van der Waals surface area (Å²) in [6.45, 7) is 4.35. The molecule has 2 aromatic rings. The smallest absolute Gasteiger partial charge is 0.123 e. The Kier molecular flexibility index (Phi) is 3.92. The van der Waals surface area contributed by atoms with Crippen molar-refractivity contribution >= 4 is 11.3 Å². The van der Waals surface area contributed by atoms with E-state index in [1.807, 2.05) is 6.92 Å². The first-order valence-electron chi connectivity index (χ1n) is 5.91. The summed E-state index contributed by atoms with van der Waals surface area (Å²) in [5.74, 6) is 0. The first-order valence-corrected chi connectivity index (χ1v) is 6.72. The van der Waals surface area contributed by atoms with E-state index in [2.05, 4.69) is 36.2 Å². The first-order chi connectivity index (χ1) is 8.24. The summed E-state index contributed by atoms with van der Waals surface area (Å²) in [5, 5.41) is 10.0. The van der Waals surface area contributed by atoms with Crippen molar-refractivity contribution in [2.45, 2.75) is 26.7 Å². The van der Waals surface area contributed by atoms with Crippen LogP contribution in [0.1, 0.15) is 23.1 Å². The number of rotatable bonds is 4. The molecule has 0 saturated carbocycles. The van der Waals surface area contributed by atoms with Gasteiger partial charge in [-0.1, -0.05) is 31.2 Å². The second-order valence-electron chi connectivity index (χ2n) is 4.05. The Bertz CT molecular complexity index is 487. The molecule has 1 heterocycles. The second kappa shape index (κ2) is 5.43. The molecule has 0 aliphatic carbocycles. The van der Waals surface area contributed by atoms with Gasteiger partial charge < -0.3 is 5.11 Å². The molecule has 90 valence electrons. The average Bonchev–Trinajstić information content (AvgIpc) is 2.72. The summed E-state index contributed by atoms with van der Waals surface area (Å²) in [6, 6.07) is 8.55. The SMILES string of the molecule is CCc1ccc(-c2nc(C)c(CCO)s2)cc1. The Morgan fingerprint density at radius 3 is 2.53 bits per heavy atom. The predicted molar refractivity (Wildman–Crippen MR) is 72.5 cm³/mol. The summed E-state index contributed by atoms with van der Waals surface area (Å²) in [7, 11) is 0. The Labute approximate surface area is 106 Å². The molecule has 0 unspecified atom stereocenters. The van der Waals surface area contributed by atoms with Gasteiger partial charge in [0, 0.05) is 23.5 Å². The van der Waals surface area contributed by atoms with Crippen LogP contribution in [0.25, 0.3) is 10.6 Å². The van der Waals surface area contributed by atoms with Crippen molar-refractivity contribution in [1.82, 2.24) is 4.98 Å². The highest BCUT2D eigenvalue weighted by Crippen LogP contribution is 2.28. The molecular weight excluding hydrogens is 230 g/mol. The van der Waals surface area contributed by atoms with Crippen molar-refractivity contribution in [3.63, 3.8) is 0 Å². The highest BCUT2D eigenvalue weighted by atomic mass is 32.1. The molecule has 1 aromatic heterocycles. The van der Waals surface area contributed by atoms with Gasteiger partial charge in [-0.05, 0) is 18.9 Å². The third-order valence-electron chi connectivity index (χ3n) is 2.84. The summed E-state index contributed by atoms with van der Waals surface area (Å²) < 4.78 is 0. The third kappa shape index (κ3) is 2.73. The van der Waals surface area contributed by atoms with Crippen LogP contribution in [0.5, 0.6) is 0 Å². The van der Waals surface area contributed by atoms with E-state index >= 15 is 0 Å². The van der Waals surface area contributed by atoms with E-state index < -0.39 is 0 Å². The quantitative estimate of drug-likeness (QED) is 0.900. The van der Waals surface area contributed by atoms with Gasteiger partial charge in [0.1, 0.15) is 5.01 Å². The van der Waals surface area contributed by atoms with Crippen molar-refractivity contribution in [2.75, 3.05) is 6.61 Å². The van der Waals surface area contributed by atoms with E-state index in [0.717, 1.165) is 17.1 Å². The molecule has 2 nitrogen and oxygen atoms in total. The molecule has 1 aromatic carbocycles. The Morgan fingerprint density at radius 1 is 1.24 bits per heavy atom. The summed E-state index contributed by atoms with van der Waals surface area (Å²) >= 11 is 1.68. The van der Waals surface area contributed by atoms with Crippen LogP contribution in [0.2, 0.25) is 0 Å². The van der Waals surface area contributed by atoms with Crippen LogP contribution in [0.15, 0.2) is 24.3 Å². The summed E-state index contributed by atoms with van der Waals surface area (Å²) in [5.41, 5.74) is 3.55. The number of aryl methyl sites for hydroxylation is 2. The van der Waals surface area contributed by atoms with E-state index in [9.17, 15) is 0 Å². The van der Waals surface area contributed by atoms with Crippen LogP contribution in [0, 0.1) is 6.92 Å². The van der Waals surface area contributed by atoms with Gasteiger partial charge in [0.05, 0.1) is 5.69 Å². The van der Waals surface area contributed by atoms with E-state index in [0.29, 0.717) is 6.42 Å². The third-order valence-corrected chi connectivity index (χ3v) is 4.11. The Morgan fingerprint density at radius 2 is 1.94 bits per heavy atom. The fraction of sp³-hybridized carbons (Fsp3) is 0.357. The van der Waals surface area contributed by atoms with Gasteiger partial charge >= 0.3 is 0 Å². The van der Waals surface area contributed by atoms with Gasteiger partial charge in [-0.2, -0.15) is 0 Å². The van der Waals surface area contributed by atoms with Crippen molar-refractivity contribution in [3.8, 4) is 10.6 Å². The zero-order chi connectivity index (χ0) is 12.3. The van der Waals surface area contributed by atoms with Crippen LogP contribution in [0.3, 0.4) is 0 Å². The van der Waals surface area contributed by atoms with Crippen LogP contribution < -0.4 is 0 Å². The lowest BCUT2D eigenvalue weighted by atomic mass is 10.1. The number of benzene rings is 1. The second-order valence-corrected chi connectivity index (χ2v) is 5.14. The Balaban J connectivity index is 2.29. The van der Waals surface area contributed by atoms with Gasteiger partial charge in [0.15, 0.2) is 0 Å². The average molecular weight is 247 g/mol. The molecule has 1 N–H and O–H groups in total. The molecule has 0 saturated heterocycles.